The Balaban J connectivity index is 2.02. The van der Waals surface area contributed by atoms with E-state index in [0.29, 0.717) is 0 Å². The average Bonchev–Trinajstić information content (AvgIpc) is 2.97. The molecule has 0 aliphatic carbocycles. The van der Waals surface area contributed by atoms with Crippen LogP contribution in [0.3, 0.4) is 0 Å². The van der Waals surface area contributed by atoms with Gasteiger partial charge in [-0.1, -0.05) is 24.3 Å². The van der Waals surface area contributed by atoms with E-state index >= 15 is 0 Å². The Kier molecular flexibility index (Phi) is 3.13. The van der Waals surface area contributed by atoms with Gasteiger partial charge in [-0.25, -0.2) is 4.98 Å². The summed E-state index contributed by atoms with van der Waals surface area (Å²) in [6.45, 7) is 0. The molecule has 1 aromatic heterocycles. The van der Waals surface area contributed by atoms with E-state index in [4.69, 9.17) is 10.5 Å². The van der Waals surface area contributed by atoms with E-state index in [2.05, 4.69) is 9.97 Å². The molecule has 1 heterocycles. The van der Waals surface area contributed by atoms with Gasteiger partial charge < -0.3 is 15.5 Å². The van der Waals surface area contributed by atoms with Crippen molar-refractivity contribution in [3.63, 3.8) is 0 Å². The molecule has 0 radical (unpaired) electrons. The van der Waals surface area contributed by atoms with Gasteiger partial charge in [-0.05, 0) is 24.3 Å². The third kappa shape index (κ3) is 2.23. The van der Waals surface area contributed by atoms with Gasteiger partial charge in [-0.3, -0.25) is 0 Å². The number of hydrogen-bond donors (Lipinski definition) is 2. The van der Waals surface area contributed by atoms with Crippen molar-refractivity contribution < 1.29 is 4.74 Å². The summed E-state index contributed by atoms with van der Waals surface area (Å²) in [4.78, 5) is 7.71. The molecule has 3 N–H and O–H groups in total. The molecule has 0 bridgehead atoms. The normalized spacial score (nSPS) is 10.4. The molecule has 4 nitrogen and oxygen atoms in total. The molecule has 0 atom stereocenters. The Bertz CT molecular complexity index is 734. The minimum Gasteiger partial charge on any atom is -0.496 e. The summed E-state index contributed by atoms with van der Waals surface area (Å²) < 4.78 is 5.37. The van der Waals surface area contributed by atoms with Crippen LogP contribution in [-0.2, 0) is 0 Å². The number of aromatic amines is 1. The van der Waals surface area contributed by atoms with Gasteiger partial charge in [0.2, 0.25) is 0 Å². The van der Waals surface area contributed by atoms with Crippen LogP contribution in [0.4, 0.5) is 5.69 Å². The van der Waals surface area contributed by atoms with Crippen LogP contribution in [0.5, 0.6) is 5.75 Å². The van der Waals surface area contributed by atoms with Gasteiger partial charge in [-0.2, -0.15) is 0 Å². The predicted molar refractivity (Wildman–Crippen MR) is 80.4 cm³/mol. The second kappa shape index (κ2) is 5.09. The Labute approximate surface area is 117 Å². The lowest BCUT2D eigenvalue weighted by Gasteiger charge is -2.05. The first kappa shape index (κ1) is 12.3. The van der Waals surface area contributed by atoms with Crippen LogP contribution in [-0.4, -0.2) is 17.1 Å². The second-order valence-corrected chi connectivity index (χ2v) is 4.47. The van der Waals surface area contributed by atoms with E-state index in [-0.39, 0.29) is 0 Å². The molecule has 0 saturated carbocycles. The third-order valence-electron chi connectivity index (χ3n) is 3.13. The van der Waals surface area contributed by atoms with Crippen LogP contribution in [0.15, 0.2) is 54.7 Å². The highest BCUT2D eigenvalue weighted by atomic mass is 16.5. The quantitative estimate of drug-likeness (QED) is 0.714. The van der Waals surface area contributed by atoms with Gasteiger partial charge in [0, 0.05) is 16.8 Å². The van der Waals surface area contributed by atoms with E-state index in [1.165, 1.54) is 0 Å². The van der Waals surface area contributed by atoms with Gasteiger partial charge in [0.05, 0.1) is 19.0 Å². The number of para-hydroxylation sites is 1. The first-order valence-corrected chi connectivity index (χ1v) is 6.32. The van der Waals surface area contributed by atoms with Gasteiger partial charge in [-0.15, -0.1) is 0 Å². The number of imidazole rings is 1. The SMILES string of the molecule is COc1ccccc1-c1cnc(-c2cccc(N)c2)[nH]1. The Morgan fingerprint density at radius 3 is 2.75 bits per heavy atom. The van der Waals surface area contributed by atoms with Crippen LogP contribution in [0.1, 0.15) is 0 Å². The largest absolute Gasteiger partial charge is 0.496 e. The number of nitrogens with two attached hydrogens (primary N) is 1. The molecule has 0 aliphatic heterocycles. The summed E-state index contributed by atoms with van der Waals surface area (Å²) in [6, 6.07) is 15.5. The molecule has 3 rings (SSSR count). The minimum atomic E-state index is 0.720. The highest BCUT2D eigenvalue weighted by Gasteiger charge is 2.09. The van der Waals surface area contributed by atoms with Crippen molar-refractivity contribution in [3.05, 3.63) is 54.7 Å². The van der Waals surface area contributed by atoms with E-state index < -0.39 is 0 Å². The van der Waals surface area contributed by atoms with E-state index in [1.807, 2.05) is 48.5 Å². The Morgan fingerprint density at radius 2 is 1.95 bits per heavy atom. The summed E-state index contributed by atoms with van der Waals surface area (Å²) in [7, 11) is 1.66. The van der Waals surface area contributed by atoms with Crippen LogP contribution in [0.2, 0.25) is 0 Å². The Morgan fingerprint density at radius 1 is 1.10 bits per heavy atom. The molecule has 0 fully saturated rings. The lowest BCUT2D eigenvalue weighted by Crippen LogP contribution is -1.88. The van der Waals surface area contributed by atoms with Crippen molar-refractivity contribution in [2.45, 2.75) is 0 Å². The number of nitrogens with zero attached hydrogens (tertiary/aromatic N) is 1. The fourth-order valence-electron chi connectivity index (χ4n) is 2.16. The Hall–Kier alpha value is -2.75. The number of hydrogen-bond acceptors (Lipinski definition) is 3. The lowest BCUT2D eigenvalue weighted by molar-refractivity contribution is 0.416. The first-order valence-electron chi connectivity index (χ1n) is 6.32. The number of nitrogen functional groups attached to an aromatic ring is 1. The zero-order valence-corrected chi connectivity index (χ0v) is 11.1. The fraction of sp³-hybridized carbons (Fsp3) is 0.0625. The van der Waals surface area contributed by atoms with Gasteiger partial charge in [0.1, 0.15) is 11.6 Å². The molecule has 0 aliphatic rings. The summed E-state index contributed by atoms with van der Waals surface area (Å²) >= 11 is 0. The number of aromatic nitrogens is 2. The minimum absolute atomic E-state index is 0.720. The molecule has 100 valence electrons. The molecular weight excluding hydrogens is 250 g/mol. The van der Waals surface area contributed by atoms with Crippen LogP contribution in [0, 0.1) is 0 Å². The topological polar surface area (TPSA) is 63.9 Å². The summed E-state index contributed by atoms with van der Waals surface area (Å²) in [6.07, 6.45) is 1.80. The standard InChI is InChI=1S/C16H15N3O/c1-20-15-8-3-2-7-13(15)14-10-18-16(19-14)11-5-4-6-12(17)9-11/h2-10H,17H2,1H3,(H,18,19). The van der Waals surface area contributed by atoms with Crippen molar-refractivity contribution >= 4 is 5.69 Å². The summed E-state index contributed by atoms with van der Waals surface area (Å²) in [5.74, 6) is 1.61. The number of H-pyrrole nitrogens is 1. The van der Waals surface area contributed by atoms with Crippen LogP contribution < -0.4 is 10.5 Å². The van der Waals surface area contributed by atoms with Gasteiger partial charge in [0.15, 0.2) is 0 Å². The molecule has 0 spiro atoms. The zero-order valence-electron chi connectivity index (χ0n) is 11.1. The molecule has 0 amide bonds. The molecule has 3 aromatic rings. The number of nitrogens with one attached hydrogen (secondary N) is 1. The summed E-state index contributed by atoms with van der Waals surface area (Å²) in [5.41, 5.74) is 9.38. The maximum atomic E-state index is 5.80. The smallest absolute Gasteiger partial charge is 0.137 e. The predicted octanol–water partition coefficient (Wildman–Crippen LogP) is 3.33. The average molecular weight is 265 g/mol. The number of rotatable bonds is 3. The van der Waals surface area contributed by atoms with Gasteiger partial charge in [0.25, 0.3) is 0 Å². The first-order chi connectivity index (χ1) is 9.78. The number of ether oxygens (including phenoxy) is 1. The van der Waals surface area contributed by atoms with E-state index in [0.717, 1.165) is 34.1 Å². The van der Waals surface area contributed by atoms with E-state index in [1.54, 1.807) is 13.3 Å². The van der Waals surface area contributed by atoms with Gasteiger partial charge >= 0.3 is 0 Å². The van der Waals surface area contributed by atoms with Crippen molar-refractivity contribution in [1.82, 2.24) is 9.97 Å². The van der Waals surface area contributed by atoms with Crippen molar-refractivity contribution in [2.24, 2.45) is 0 Å². The zero-order chi connectivity index (χ0) is 13.9. The van der Waals surface area contributed by atoms with Crippen molar-refractivity contribution in [1.29, 1.82) is 0 Å². The highest BCUT2D eigenvalue weighted by Crippen LogP contribution is 2.29. The lowest BCUT2D eigenvalue weighted by atomic mass is 10.1. The maximum absolute atomic E-state index is 5.80. The molecule has 2 aromatic carbocycles. The highest BCUT2D eigenvalue weighted by molar-refractivity contribution is 5.70. The molecule has 0 unspecified atom stereocenters. The van der Waals surface area contributed by atoms with Crippen molar-refractivity contribution in [3.8, 4) is 28.4 Å². The van der Waals surface area contributed by atoms with Crippen LogP contribution >= 0.6 is 0 Å². The summed E-state index contributed by atoms with van der Waals surface area (Å²) in [5, 5.41) is 0. The number of anilines is 1. The fourth-order valence-corrected chi connectivity index (χ4v) is 2.16. The number of methoxy groups -OCH3 is 1. The van der Waals surface area contributed by atoms with E-state index in [9.17, 15) is 0 Å². The third-order valence-corrected chi connectivity index (χ3v) is 3.13. The second-order valence-electron chi connectivity index (χ2n) is 4.47. The monoisotopic (exact) mass is 265 g/mol. The molecule has 20 heavy (non-hydrogen) atoms. The maximum Gasteiger partial charge on any atom is 0.137 e. The van der Waals surface area contributed by atoms with Crippen molar-refractivity contribution in [2.75, 3.05) is 12.8 Å². The van der Waals surface area contributed by atoms with Crippen LogP contribution in [0.25, 0.3) is 22.6 Å². The number of benzene rings is 2. The molecule has 4 heteroatoms. The molecular formula is C16H15N3O. The molecule has 0 saturated heterocycles.